The molecule has 0 bridgehead atoms. The minimum absolute atomic E-state index is 0.0111. The molecule has 1 fully saturated rings. The third-order valence-corrected chi connectivity index (χ3v) is 5.00. The van der Waals surface area contributed by atoms with Gasteiger partial charge < -0.3 is 4.90 Å². The van der Waals surface area contributed by atoms with Crippen molar-refractivity contribution in [2.24, 2.45) is 5.92 Å². The molecule has 1 aliphatic heterocycles. The van der Waals surface area contributed by atoms with Gasteiger partial charge in [-0.1, -0.05) is 24.3 Å². The van der Waals surface area contributed by atoms with Gasteiger partial charge in [0.25, 0.3) is 5.91 Å². The number of benzene rings is 2. The van der Waals surface area contributed by atoms with E-state index in [0.29, 0.717) is 31.5 Å². The van der Waals surface area contributed by atoms with Crippen LogP contribution in [-0.4, -0.2) is 29.7 Å². The molecule has 28 heavy (non-hydrogen) atoms. The van der Waals surface area contributed by atoms with E-state index in [2.05, 4.69) is 0 Å². The Morgan fingerprint density at radius 2 is 1.57 bits per heavy atom. The molecule has 0 spiro atoms. The number of hydrogen-bond donors (Lipinski definition) is 0. The van der Waals surface area contributed by atoms with Crippen molar-refractivity contribution in [3.63, 3.8) is 0 Å². The van der Waals surface area contributed by atoms with Gasteiger partial charge in [0, 0.05) is 25.4 Å². The maximum absolute atomic E-state index is 13.8. The van der Waals surface area contributed by atoms with Gasteiger partial charge in [-0.2, -0.15) is 13.2 Å². The Morgan fingerprint density at radius 3 is 2.14 bits per heavy atom. The van der Waals surface area contributed by atoms with E-state index in [-0.39, 0.29) is 23.7 Å². The van der Waals surface area contributed by atoms with Crippen LogP contribution < -0.4 is 0 Å². The highest BCUT2D eigenvalue weighted by Gasteiger charge is 2.31. The topological polar surface area (TPSA) is 37.4 Å². The number of alkyl halides is 3. The molecule has 0 atom stereocenters. The van der Waals surface area contributed by atoms with Crippen LogP contribution in [0.3, 0.4) is 0 Å². The number of halogens is 4. The van der Waals surface area contributed by atoms with Crippen molar-refractivity contribution >= 4 is 11.7 Å². The molecular formula is C21H19F4NO2. The lowest BCUT2D eigenvalue weighted by Gasteiger charge is -2.31. The molecule has 0 aromatic heterocycles. The Labute approximate surface area is 160 Å². The van der Waals surface area contributed by atoms with Gasteiger partial charge in [-0.05, 0) is 42.7 Å². The summed E-state index contributed by atoms with van der Waals surface area (Å²) in [5.41, 5.74) is -0.205. The summed E-state index contributed by atoms with van der Waals surface area (Å²) >= 11 is 0. The summed E-state index contributed by atoms with van der Waals surface area (Å²) in [4.78, 5) is 26.4. The second-order valence-electron chi connectivity index (χ2n) is 6.88. The summed E-state index contributed by atoms with van der Waals surface area (Å²) in [5, 5.41) is 0. The van der Waals surface area contributed by atoms with E-state index in [0.717, 1.165) is 12.1 Å². The van der Waals surface area contributed by atoms with Gasteiger partial charge in [-0.25, -0.2) is 4.39 Å². The number of piperidine rings is 1. The number of likely N-dealkylation sites (tertiary alicyclic amines) is 1. The first-order chi connectivity index (χ1) is 13.3. The first-order valence-corrected chi connectivity index (χ1v) is 8.98. The lowest BCUT2D eigenvalue weighted by atomic mass is 9.89. The smallest absolute Gasteiger partial charge is 0.339 e. The zero-order chi connectivity index (χ0) is 20.3. The van der Waals surface area contributed by atoms with Gasteiger partial charge in [0.15, 0.2) is 0 Å². The summed E-state index contributed by atoms with van der Waals surface area (Å²) in [6, 6.07) is 10.3. The SMILES string of the molecule is O=C(Cc1ccc(C(F)(F)F)cc1)C1CCN(C(=O)c2ccccc2F)CC1. The van der Waals surface area contributed by atoms with E-state index in [9.17, 15) is 27.2 Å². The molecule has 2 aromatic carbocycles. The number of nitrogens with zero attached hydrogens (tertiary/aromatic N) is 1. The summed E-state index contributed by atoms with van der Waals surface area (Å²) < 4.78 is 51.6. The van der Waals surface area contributed by atoms with E-state index in [4.69, 9.17) is 0 Å². The van der Waals surface area contributed by atoms with Gasteiger partial charge in [0.05, 0.1) is 11.1 Å². The quantitative estimate of drug-likeness (QED) is 0.717. The summed E-state index contributed by atoms with van der Waals surface area (Å²) in [6.07, 6.45) is -3.43. The number of hydrogen-bond acceptors (Lipinski definition) is 2. The molecule has 3 rings (SSSR count). The predicted octanol–water partition coefficient (Wildman–Crippen LogP) is 4.51. The molecule has 1 aliphatic rings. The van der Waals surface area contributed by atoms with Gasteiger partial charge in [-0.3, -0.25) is 9.59 Å². The average Bonchev–Trinajstić information content (AvgIpc) is 2.67. The highest BCUT2D eigenvalue weighted by molar-refractivity contribution is 5.94. The van der Waals surface area contributed by atoms with Crippen molar-refractivity contribution in [3.8, 4) is 0 Å². The number of Topliss-reactive ketones (excluding diaryl/α,β-unsaturated/α-hetero) is 1. The first-order valence-electron chi connectivity index (χ1n) is 8.98. The van der Waals surface area contributed by atoms with E-state index in [1.54, 1.807) is 6.07 Å². The second-order valence-corrected chi connectivity index (χ2v) is 6.88. The van der Waals surface area contributed by atoms with Crippen molar-refractivity contribution in [3.05, 3.63) is 71.0 Å². The minimum atomic E-state index is -4.40. The molecule has 0 N–H and O–H groups in total. The van der Waals surface area contributed by atoms with Gasteiger partial charge in [0.2, 0.25) is 0 Å². The van der Waals surface area contributed by atoms with Crippen molar-refractivity contribution < 1.29 is 27.2 Å². The van der Waals surface area contributed by atoms with Gasteiger partial charge in [-0.15, -0.1) is 0 Å². The number of amides is 1. The zero-order valence-electron chi connectivity index (χ0n) is 15.0. The van der Waals surface area contributed by atoms with Crippen LogP contribution in [0, 0.1) is 11.7 Å². The minimum Gasteiger partial charge on any atom is -0.339 e. The van der Waals surface area contributed by atoms with E-state index >= 15 is 0 Å². The molecule has 0 saturated carbocycles. The second kappa shape index (κ2) is 8.12. The lowest BCUT2D eigenvalue weighted by Crippen LogP contribution is -2.40. The molecule has 2 aromatic rings. The monoisotopic (exact) mass is 393 g/mol. The molecule has 7 heteroatoms. The molecule has 0 unspecified atom stereocenters. The average molecular weight is 393 g/mol. The Morgan fingerprint density at radius 1 is 0.964 bits per heavy atom. The fourth-order valence-corrected chi connectivity index (χ4v) is 3.37. The number of carbonyl (C=O) groups is 2. The third kappa shape index (κ3) is 4.58. The fourth-order valence-electron chi connectivity index (χ4n) is 3.37. The van der Waals surface area contributed by atoms with Crippen LogP contribution in [0.4, 0.5) is 17.6 Å². The Bertz CT molecular complexity index is 853. The van der Waals surface area contributed by atoms with Crippen LogP contribution in [0.15, 0.2) is 48.5 Å². The number of ketones is 1. The summed E-state index contributed by atoms with van der Waals surface area (Å²) in [5.74, 6) is -1.29. The van der Waals surface area contributed by atoms with E-state index < -0.39 is 23.5 Å². The number of carbonyl (C=O) groups excluding carboxylic acids is 2. The van der Waals surface area contributed by atoms with Crippen LogP contribution in [0.1, 0.15) is 34.3 Å². The molecular weight excluding hydrogens is 374 g/mol. The number of rotatable bonds is 4. The molecule has 1 heterocycles. The van der Waals surface area contributed by atoms with Crippen LogP contribution >= 0.6 is 0 Å². The largest absolute Gasteiger partial charge is 0.416 e. The maximum atomic E-state index is 13.8. The zero-order valence-corrected chi connectivity index (χ0v) is 15.0. The van der Waals surface area contributed by atoms with E-state index in [1.807, 2.05) is 0 Å². The van der Waals surface area contributed by atoms with Crippen molar-refractivity contribution in [2.45, 2.75) is 25.4 Å². The van der Waals surface area contributed by atoms with Crippen LogP contribution in [0.25, 0.3) is 0 Å². The predicted molar refractivity (Wildman–Crippen MR) is 95.2 cm³/mol. The summed E-state index contributed by atoms with van der Waals surface area (Å²) in [7, 11) is 0. The normalized spacial score (nSPS) is 15.5. The van der Waals surface area contributed by atoms with Crippen LogP contribution in [0.2, 0.25) is 0 Å². The lowest BCUT2D eigenvalue weighted by molar-refractivity contribution is -0.137. The molecule has 1 amide bonds. The van der Waals surface area contributed by atoms with Crippen molar-refractivity contribution in [1.29, 1.82) is 0 Å². The third-order valence-electron chi connectivity index (χ3n) is 5.00. The van der Waals surface area contributed by atoms with Crippen molar-refractivity contribution in [1.82, 2.24) is 4.90 Å². The van der Waals surface area contributed by atoms with Crippen LogP contribution in [0.5, 0.6) is 0 Å². The maximum Gasteiger partial charge on any atom is 0.416 e. The molecule has 3 nitrogen and oxygen atoms in total. The Balaban J connectivity index is 1.55. The first kappa shape index (κ1) is 20.0. The fraction of sp³-hybridized carbons (Fsp3) is 0.333. The molecule has 148 valence electrons. The Hall–Kier alpha value is -2.70. The molecule has 0 radical (unpaired) electrons. The Kier molecular flexibility index (Phi) is 5.82. The highest BCUT2D eigenvalue weighted by atomic mass is 19.4. The van der Waals surface area contributed by atoms with Gasteiger partial charge >= 0.3 is 6.18 Å². The highest BCUT2D eigenvalue weighted by Crippen LogP contribution is 2.29. The van der Waals surface area contributed by atoms with Gasteiger partial charge in [0.1, 0.15) is 11.6 Å². The standard InChI is InChI=1S/C21H19F4NO2/c22-18-4-2-1-3-17(18)20(28)26-11-9-15(10-12-26)19(27)13-14-5-7-16(8-6-14)21(23,24)25/h1-8,15H,9-13H2. The molecule has 1 saturated heterocycles. The van der Waals surface area contributed by atoms with Crippen molar-refractivity contribution in [2.75, 3.05) is 13.1 Å². The molecule has 0 aliphatic carbocycles. The summed E-state index contributed by atoms with van der Waals surface area (Å²) in [6.45, 7) is 0.688. The van der Waals surface area contributed by atoms with E-state index in [1.165, 1.54) is 35.2 Å². The van der Waals surface area contributed by atoms with Crippen LogP contribution in [-0.2, 0) is 17.4 Å².